The summed E-state index contributed by atoms with van der Waals surface area (Å²) in [6, 6.07) is 0. The van der Waals surface area contributed by atoms with E-state index in [4.69, 9.17) is 37.9 Å². The zero-order valence-electron chi connectivity index (χ0n) is 36.0. The average Bonchev–Trinajstić information content (AvgIpc) is 3.69. The summed E-state index contributed by atoms with van der Waals surface area (Å²) in [5, 5.41) is 94.9. The van der Waals surface area contributed by atoms with Gasteiger partial charge in [0.05, 0.1) is 38.6 Å². The molecule has 5 aliphatic heterocycles. The van der Waals surface area contributed by atoms with Crippen LogP contribution in [0.2, 0.25) is 0 Å². The van der Waals surface area contributed by atoms with Gasteiger partial charge in [-0.25, -0.2) is 0 Å². The van der Waals surface area contributed by atoms with Gasteiger partial charge in [-0.1, -0.05) is 27.7 Å². The molecule has 17 nitrogen and oxygen atoms in total. The van der Waals surface area contributed by atoms with E-state index in [1.165, 1.54) is 12.8 Å². The predicted octanol–water partition coefficient (Wildman–Crippen LogP) is -0.0945. The van der Waals surface area contributed by atoms with Crippen molar-refractivity contribution in [1.82, 2.24) is 0 Å². The standard InChI is InChI=1S/C44H72O17/c1-19-7-12-44(56-16-19)20(2)30-27(61-44)14-25-23-6-5-21-13-22(8-10-42(21,3)24(23)9-11-43(25,30)4)57-40-37(53)34(50)38(60-41-36(52)33(49)32(48)28(15-45)58-41)29(59-40)18-55-39-35(51)31(47)26(46)17-54-39/h19-41,45-53H,5-18H2,1-4H3. The summed E-state index contributed by atoms with van der Waals surface area (Å²) < 4.78 is 49.0. The van der Waals surface area contributed by atoms with Crippen LogP contribution in [0.3, 0.4) is 0 Å². The van der Waals surface area contributed by atoms with E-state index in [1.807, 2.05) is 0 Å². The molecule has 9 aliphatic rings. The summed E-state index contributed by atoms with van der Waals surface area (Å²) in [6.07, 6.45) is -11.2. The van der Waals surface area contributed by atoms with Gasteiger partial charge in [-0.15, -0.1) is 0 Å². The molecule has 26 atom stereocenters. The third kappa shape index (κ3) is 7.68. The molecule has 17 heteroatoms. The first-order valence-corrected chi connectivity index (χ1v) is 23.2. The minimum atomic E-state index is -1.81. The lowest BCUT2D eigenvalue weighted by Gasteiger charge is -2.61. The monoisotopic (exact) mass is 872 g/mol. The number of hydrogen-bond donors (Lipinski definition) is 9. The van der Waals surface area contributed by atoms with E-state index in [0.29, 0.717) is 41.4 Å². The van der Waals surface area contributed by atoms with Crippen molar-refractivity contribution in [1.29, 1.82) is 0 Å². The minimum Gasteiger partial charge on any atom is -0.394 e. The van der Waals surface area contributed by atoms with E-state index in [1.54, 1.807) is 0 Å². The molecule has 0 aromatic heterocycles. The van der Waals surface area contributed by atoms with Gasteiger partial charge in [-0.05, 0) is 104 Å². The molecule has 0 amide bonds. The molecule has 5 heterocycles. The van der Waals surface area contributed by atoms with Gasteiger partial charge in [-0.3, -0.25) is 0 Å². The highest BCUT2D eigenvalue weighted by Gasteiger charge is 2.69. The van der Waals surface area contributed by atoms with Crippen molar-refractivity contribution in [3.8, 4) is 0 Å². The SMILES string of the molecule is CC1CCC2(OC1)OC1CC3C4CCC5CC(OC6OC(COC7OCC(O)C(O)C7O)C(OC7OC(CO)C(O)C(O)C7O)C(O)C6O)CCC5(C)C4CCC3(C)C1C2C. The fourth-order valence-electron chi connectivity index (χ4n) is 14.3. The Bertz CT molecular complexity index is 1520. The van der Waals surface area contributed by atoms with Crippen molar-refractivity contribution in [2.75, 3.05) is 26.4 Å². The van der Waals surface area contributed by atoms with Gasteiger partial charge in [0.2, 0.25) is 0 Å². The highest BCUT2D eigenvalue weighted by molar-refractivity contribution is 5.15. The largest absolute Gasteiger partial charge is 0.394 e. The van der Waals surface area contributed by atoms with Crippen LogP contribution in [0.15, 0.2) is 0 Å². The van der Waals surface area contributed by atoms with E-state index in [-0.39, 0.29) is 29.6 Å². The molecule has 9 rings (SSSR count). The summed E-state index contributed by atoms with van der Waals surface area (Å²) in [7, 11) is 0. The normalized spacial score (nSPS) is 58.5. The molecule has 0 bridgehead atoms. The van der Waals surface area contributed by atoms with Crippen molar-refractivity contribution in [3.05, 3.63) is 0 Å². The first-order valence-electron chi connectivity index (χ1n) is 23.2. The van der Waals surface area contributed by atoms with Crippen molar-refractivity contribution in [2.24, 2.45) is 52.3 Å². The number of aliphatic hydroxyl groups is 9. The van der Waals surface area contributed by atoms with E-state index < -0.39 is 105 Å². The predicted molar refractivity (Wildman–Crippen MR) is 210 cm³/mol. The van der Waals surface area contributed by atoms with Gasteiger partial charge in [0.1, 0.15) is 67.1 Å². The molecule has 9 N–H and O–H groups in total. The van der Waals surface area contributed by atoms with Crippen molar-refractivity contribution in [3.63, 3.8) is 0 Å². The van der Waals surface area contributed by atoms with E-state index in [2.05, 4.69) is 27.7 Å². The Morgan fingerprint density at radius 2 is 1.34 bits per heavy atom. The van der Waals surface area contributed by atoms with Crippen LogP contribution in [0.25, 0.3) is 0 Å². The van der Waals surface area contributed by atoms with Crippen molar-refractivity contribution in [2.45, 2.75) is 196 Å². The quantitative estimate of drug-likeness (QED) is 0.145. The molecule has 0 aromatic rings. The minimum absolute atomic E-state index is 0.128. The topological polar surface area (TPSA) is 256 Å². The second-order valence-corrected chi connectivity index (χ2v) is 21.1. The summed E-state index contributed by atoms with van der Waals surface area (Å²) >= 11 is 0. The number of aliphatic hydroxyl groups excluding tert-OH is 9. The number of rotatable bonds is 8. The molecule has 4 aliphatic carbocycles. The fraction of sp³-hybridized carbons (Fsp3) is 1.00. The maximum Gasteiger partial charge on any atom is 0.187 e. The summed E-state index contributed by atoms with van der Waals surface area (Å²) in [5.74, 6) is 3.28. The Labute approximate surface area is 357 Å². The van der Waals surface area contributed by atoms with Gasteiger partial charge in [0, 0.05) is 12.3 Å². The molecule has 0 radical (unpaired) electrons. The van der Waals surface area contributed by atoms with Crippen molar-refractivity contribution < 1.29 is 83.9 Å². The highest BCUT2D eigenvalue weighted by Crippen LogP contribution is 2.71. The second-order valence-electron chi connectivity index (χ2n) is 21.1. The molecule has 61 heavy (non-hydrogen) atoms. The van der Waals surface area contributed by atoms with Crippen LogP contribution >= 0.6 is 0 Å². The molecular weight excluding hydrogens is 800 g/mol. The Morgan fingerprint density at radius 3 is 2.08 bits per heavy atom. The van der Waals surface area contributed by atoms with Crippen LogP contribution in [0.5, 0.6) is 0 Å². The summed E-state index contributed by atoms with van der Waals surface area (Å²) in [4.78, 5) is 0. The van der Waals surface area contributed by atoms with Crippen LogP contribution in [0, 0.1) is 52.3 Å². The van der Waals surface area contributed by atoms with Gasteiger partial charge < -0.3 is 83.9 Å². The zero-order chi connectivity index (χ0) is 43.3. The lowest BCUT2D eigenvalue weighted by atomic mass is 9.44. The summed E-state index contributed by atoms with van der Waals surface area (Å²) in [6.45, 7) is 9.00. The van der Waals surface area contributed by atoms with E-state index in [0.717, 1.165) is 58.0 Å². The maximum atomic E-state index is 11.6. The van der Waals surface area contributed by atoms with Crippen molar-refractivity contribution >= 4 is 0 Å². The van der Waals surface area contributed by atoms with Gasteiger partial charge in [0.25, 0.3) is 0 Å². The van der Waals surface area contributed by atoms with Crippen LogP contribution in [-0.4, -0.2) is 176 Å². The lowest BCUT2D eigenvalue weighted by Crippen LogP contribution is -2.65. The third-order valence-electron chi connectivity index (χ3n) is 17.9. The van der Waals surface area contributed by atoms with E-state index >= 15 is 0 Å². The molecule has 0 aromatic carbocycles. The number of ether oxygens (including phenoxy) is 8. The Balaban J connectivity index is 0.862. The molecule has 5 saturated heterocycles. The van der Waals surface area contributed by atoms with E-state index in [9.17, 15) is 46.0 Å². The van der Waals surface area contributed by atoms with Gasteiger partial charge >= 0.3 is 0 Å². The number of hydrogen-bond acceptors (Lipinski definition) is 17. The smallest absolute Gasteiger partial charge is 0.187 e. The first-order chi connectivity index (χ1) is 29.0. The van der Waals surface area contributed by atoms with Crippen LogP contribution < -0.4 is 0 Å². The summed E-state index contributed by atoms with van der Waals surface area (Å²) in [5.41, 5.74) is 0.357. The average molecular weight is 873 g/mol. The van der Waals surface area contributed by atoms with Crippen LogP contribution in [0.1, 0.15) is 91.9 Å². The Kier molecular flexibility index (Phi) is 12.8. The third-order valence-corrected chi connectivity index (χ3v) is 17.9. The fourth-order valence-corrected chi connectivity index (χ4v) is 14.3. The highest BCUT2D eigenvalue weighted by atomic mass is 16.8. The zero-order valence-corrected chi connectivity index (χ0v) is 36.0. The second kappa shape index (κ2) is 17.2. The first kappa shape index (κ1) is 45.5. The molecule has 26 unspecified atom stereocenters. The van der Waals surface area contributed by atoms with Gasteiger partial charge in [-0.2, -0.15) is 0 Å². The lowest BCUT2D eigenvalue weighted by molar-refractivity contribution is -0.369. The van der Waals surface area contributed by atoms with Crippen LogP contribution in [-0.2, 0) is 37.9 Å². The Morgan fingerprint density at radius 1 is 0.639 bits per heavy atom. The van der Waals surface area contributed by atoms with Crippen LogP contribution in [0.4, 0.5) is 0 Å². The van der Waals surface area contributed by atoms with Gasteiger partial charge in [0.15, 0.2) is 24.7 Å². The molecule has 350 valence electrons. The maximum absolute atomic E-state index is 11.6. The molecule has 9 fully saturated rings. The number of fused-ring (bicyclic) bond motifs is 7. The molecule has 1 spiro atoms. The molecular formula is C44H72O17. The Hall–Kier alpha value is -0.680. The molecule has 4 saturated carbocycles.